The van der Waals surface area contributed by atoms with Gasteiger partial charge < -0.3 is 10.5 Å². The number of methoxy groups -OCH3 is 1. The van der Waals surface area contributed by atoms with Crippen LogP contribution in [0.1, 0.15) is 0 Å². The molecule has 0 saturated carbocycles. The lowest BCUT2D eigenvalue weighted by atomic mass is 10.3. The first-order valence-corrected chi connectivity index (χ1v) is 8.82. The van der Waals surface area contributed by atoms with Crippen molar-refractivity contribution < 1.29 is 13.2 Å². The van der Waals surface area contributed by atoms with Gasteiger partial charge in [-0.3, -0.25) is 4.72 Å². The highest BCUT2D eigenvalue weighted by Crippen LogP contribution is 2.30. The van der Waals surface area contributed by atoms with Crippen LogP contribution in [0.25, 0.3) is 0 Å². The lowest BCUT2D eigenvalue weighted by Crippen LogP contribution is -2.13. The number of halogens is 2. The second-order valence-corrected chi connectivity index (χ2v) is 7.50. The Morgan fingerprint density at radius 3 is 2.43 bits per heavy atom. The maximum absolute atomic E-state index is 12.4. The second-order valence-electron chi connectivity index (χ2n) is 4.14. The van der Waals surface area contributed by atoms with Crippen molar-refractivity contribution in [2.24, 2.45) is 0 Å². The van der Waals surface area contributed by atoms with Gasteiger partial charge in [-0.2, -0.15) is 0 Å². The Labute approximate surface area is 139 Å². The highest BCUT2D eigenvalue weighted by Gasteiger charge is 2.18. The lowest BCUT2D eigenvalue weighted by molar-refractivity contribution is 0.412. The van der Waals surface area contributed by atoms with Gasteiger partial charge in [-0.05, 0) is 62.2 Å². The molecule has 0 aliphatic heterocycles. The highest BCUT2D eigenvalue weighted by molar-refractivity contribution is 9.10. The summed E-state index contributed by atoms with van der Waals surface area (Å²) in [6.45, 7) is 0. The van der Waals surface area contributed by atoms with Crippen LogP contribution in [0.15, 0.2) is 50.2 Å². The number of nitrogens with two attached hydrogens (primary N) is 1. The minimum atomic E-state index is -3.72. The number of benzene rings is 2. The van der Waals surface area contributed by atoms with Crippen LogP contribution in [0.5, 0.6) is 5.75 Å². The van der Waals surface area contributed by atoms with E-state index in [-0.39, 0.29) is 4.90 Å². The minimum Gasteiger partial charge on any atom is -0.495 e. The molecular weight excluding hydrogens is 424 g/mol. The molecular formula is C13H12Br2N2O3S. The van der Waals surface area contributed by atoms with Gasteiger partial charge in [0.2, 0.25) is 0 Å². The van der Waals surface area contributed by atoms with Crippen LogP contribution >= 0.6 is 31.9 Å². The van der Waals surface area contributed by atoms with E-state index in [0.29, 0.717) is 21.6 Å². The third-order valence-electron chi connectivity index (χ3n) is 2.65. The molecule has 0 aromatic heterocycles. The van der Waals surface area contributed by atoms with E-state index in [1.54, 1.807) is 18.2 Å². The number of hydrogen-bond donors (Lipinski definition) is 2. The van der Waals surface area contributed by atoms with Crippen molar-refractivity contribution in [2.75, 3.05) is 17.6 Å². The third kappa shape index (κ3) is 3.69. The normalized spacial score (nSPS) is 11.2. The molecule has 5 nitrogen and oxygen atoms in total. The largest absolute Gasteiger partial charge is 0.495 e. The number of anilines is 2. The maximum Gasteiger partial charge on any atom is 0.263 e. The summed E-state index contributed by atoms with van der Waals surface area (Å²) in [4.78, 5) is 0.110. The first-order valence-electron chi connectivity index (χ1n) is 5.75. The summed E-state index contributed by atoms with van der Waals surface area (Å²) in [5.74, 6) is 0.534. The van der Waals surface area contributed by atoms with E-state index >= 15 is 0 Å². The van der Waals surface area contributed by atoms with Gasteiger partial charge in [-0.15, -0.1) is 0 Å². The first kappa shape index (κ1) is 16.1. The van der Waals surface area contributed by atoms with E-state index in [4.69, 9.17) is 10.5 Å². The number of nitrogens with one attached hydrogen (secondary N) is 1. The number of rotatable bonds is 4. The molecule has 0 heterocycles. The van der Waals surface area contributed by atoms with E-state index in [1.165, 1.54) is 25.3 Å². The lowest BCUT2D eigenvalue weighted by Gasteiger charge is -2.11. The molecule has 0 atom stereocenters. The third-order valence-corrected chi connectivity index (χ3v) is 5.66. The van der Waals surface area contributed by atoms with Gasteiger partial charge in [0.15, 0.2) is 0 Å². The van der Waals surface area contributed by atoms with Crippen LogP contribution in [0.3, 0.4) is 0 Å². The number of ether oxygens (including phenoxy) is 1. The molecule has 112 valence electrons. The SMILES string of the molecule is COc1cc(NS(=O)(=O)c2ccc(N)cc2Br)ccc1Br. The van der Waals surface area contributed by atoms with E-state index in [0.717, 1.165) is 4.47 Å². The summed E-state index contributed by atoms with van der Waals surface area (Å²) in [5, 5.41) is 0. The monoisotopic (exact) mass is 434 g/mol. The van der Waals surface area contributed by atoms with E-state index in [1.807, 2.05) is 0 Å². The van der Waals surface area contributed by atoms with Crippen LogP contribution in [0, 0.1) is 0 Å². The average molecular weight is 436 g/mol. The van der Waals surface area contributed by atoms with E-state index in [9.17, 15) is 8.42 Å². The Kier molecular flexibility index (Phi) is 4.80. The van der Waals surface area contributed by atoms with E-state index < -0.39 is 10.0 Å². The summed E-state index contributed by atoms with van der Waals surface area (Å²) in [6, 6.07) is 9.44. The number of sulfonamides is 1. The molecule has 2 aromatic rings. The average Bonchev–Trinajstić information content (AvgIpc) is 2.40. The Balaban J connectivity index is 2.37. The molecule has 0 unspecified atom stereocenters. The summed E-state index contributed by atoms with van der Waals surface area (Å²) in [7, 11) is -2.21. The Morgan fingerprint density at radius 1 is 1.10 bits per heavy atom. The van der Waals surface area contributed by atoms with Gasteiger partial charge in [0.05, 0.1) is 17.3 Å². The molecule has 3 N–H and O–H groups in total. The number of nitrogen functional groups attached to an aromatic ring is 1. The number of hydrogen-bond acceptors (Lipinski definition) is 4. The van der Waals surface area contributed by atoms with Crippen molar-refractivity contribution in [3.05, 3.63) is 45.3 Å². The fourth-order valence-corrected chi connectivity index (χ4v) is 4.22. The Morgan fingerprint density at radius 2 is 1.81 bits per heavy atom. The molecule has 8 heteroatoms. The van der Waals surface area contributed by atoms with Crippen molar-refractivity contribution in [1.82, 2.24) is 0 Å². The zero-order valence-electron chi connectivity index (χ0n) is 10.9. The molecule has 0 saturated heterocycles. The Bertz CT molecular complexity index is 779. The molecule has 2 rings (SSSR count). The summed E-state index contributed by atoms with van der Waals surface area (Å²) in [5.41, 5.74) is 6.49. The molecule has 0 aliphatic carbocycles. The van der Waals surface area contributed by atoms with Gasteiger partial charge in [0.1, 0.15) is 10.6 Å². The maximum atomic E-state index is 12.4. The van der Waals surface area contributed by atoms with Crippen molar-refractivity contribution in [1.29, 1.82) is 0 Å². The van der Waals surface area contributed by atoms with Crippen molar-refractivity contribution in [3.63, 3.8) is 0 Å². The molecule has 0 radical (unpaired) electrons. The summed E-state index contributed by atoms with van der Waals surface area (Å²) in [6.07, 6.45) is 0. The second kappa shape index (κ2) is 6.25. The first-order chi connectivity index (χ1) is 9.83. The molecule has 2 aromatic carbocycles. The van der Waals surface area contributed by atoms with Gasteiger partial charge in [-0.25, -0.2) is 8.42 Å². The topological polar surface area (TPSA) is 81.4 Å². The molecule has 21 heavy (non-hydrogen) atoms. The fraction of sp³-hybridized carbons (Fsp3) is 0.0769. The highest BCUT2D eigenvalue weighted by atomic mass is 79.9. The minimum absolute atomic E-state index is 0.110. The predicted molar refractivity (Wildman–Crippen MR) is 90.1 cm³/mol. The molecule has 0 spiro atoms. The molecule has 0 bridgehead atoms. The van der Waals surface area contributed by atoms with Crippen molar-refractivity contribution >= 4 is 53.3 Å². The van der Waals surface area contributed by atoms with Crippen LogP contribution < -0.4 is 15.2 Å². The van der Waals surface area contributed by atoms with Gasteiger partial charge in [0, 0.05) is 16.2 Å². The summed E-state index contributed by atoms with van der Waals surface area (Å²) >= 11 is 6.52. The van der Waals surface area contributed by atoms with Crippen molar-refractivity contribution in [2.45, 2.75) is 4.90 Å². The fourth-order valence-electron chi connectivity index (χ4n) is 1.67. The standard InChI is InChI=1S/C13H12Br2N2O3S/c1-20-12-7-9(3-4-10(12)14)17-21(18,19)13-5-2-8(16)6-11(13)15/h2-7,17H,16H2,1H3. The van der Waals surface area contributed by atoms with Crippen LogP contribution in [0.2, 0.25) is 0 Å². The Hall–Kier alpha value is -1.25. The van der Waals surface area contributed by atoms with Crippen molar-refractivity contribution in [3.8, 4) is 5.75 Å². The smallest absolute Gasteiger partial charge is 0.263 e. The van der Waals surface area contributed by atoms with Gasteiger partial charge in [0.25, 0.3) is 10.0 Å². The van der Waals surface area contributed by atoms with E-state index in [2.05, 4.69) is 36.6 Å². The zero-order valence-corrected chi connectivity index (χ0v) is 14.9. The predicted octanol–water partition coefficient (Wildman–Crippen LogP) is 3.60. The molecule has 0 amide bonds. The quantitative estimate of drug-likeness (QED) is 0.718. The van der Waals surface area contributed by atoms with Crippen LogP contribution in [-0.4, -0.2) is 15.5 Å². The zero-order chi connectivity index (χ0) is 15.6. The van der Waals surface area contributed by atoms with Gasteiger partial charge in [-0.1, -0.05) is 0 Å². The summed E-state index contributed by atoms with van der Waals surface area (Å²) < 4.78 is 33.5. The molecule has 0 fully saturated rings. The van der Waals surface area contributed by atoms with Crippen LogP contribution in [-0.2, 0) is 10.0 Å². The molecule has 0 aliphatic rings. The van der Waals surface area contributed by atoms with Crippen LogP contribution in [0.4, 0.5) is 11.4 Å². The van der Waals surface area contributed by atoms with Gasteiger partial charge >= 0.3 is 0 Å².